The largest absolute Gasteiger partial charge is 0.431 e. The number of hydrogen-bond acceptors (Lipinski definition) is 5. The van der Waals surface area contributed by atoms with Crippen LogP contribution in [0.15, 0.2) is 52.1 Å². The predicted molar refractivity (Wildman–Crippen MR) is 111 cm³/mol. The minimum atomic E-state index is 0.0614. The number of carbonyl (C=O) groups excluding carboxylic acids is 1. The van der Waals surface area contributed by atoms with E-state index in [1.807, 2.05) is 68.1 Å². The van der Waals surface area contributed by atoms with E-state index in [2.05, 4.69) is 4.98 Å². The molecule has 2 atom stereocenters. The molecule has 4 rings (SSSR count). The topological polar surface area (TPSA) is 55.6 Å². The SMILES string of the molecule is Cc1cccc2oc(SCc3cccc(C(=O)N4CC(C)OC(C)C4)c3)nc12. The predicted octanol–water partition coefficient (Wildman–Crippen LogP) is 4.68. The van der Waals surface area contributed by atoms with Crippen LogP contribution in [0.5, 0.6) is 0 Å². The number of amides is 1. The van der Waals surface area contributed by atoms with Crippen LogP contribution < -0.4 is 0 Å². The van der Waals surface area contributed by atoms with E-state index in [1.54, 1.807) is 11.8 Å². The summed E-state index contributed by atoms with van der Waals surface area (Å²) in [6.07, 6.45) is 0.128. The minimum Gasteiger partial charge on any atom is -0.431 e. The summed E-state index contributed by atoms with van der Waals surface area (Å²) in [4.78, 5) is 19.4. The summed E-state index contributed by atoms with van der Waals surface area (Å²) in [6, 6.07) is 13.7. The number of aromatic nitrogens is 1. The molecule has 0 saturated carbocycles. The summed E-state index contributed by atoms with van der Waals surface area (Å²) in [5, 5.41) is 0.650. The third-order valence-corrected chi connectivity index (χ3v) is 5.74. The van der Waals surface area contributed by atoms with E-state index >= 15 is 0 Å². The van der Waals surface area contributed by atoms with Crippen LogP contribution in [0.4, 0.5) is 0 Å². The first kappa shape index (κ1) is 19.0. The fourth-order valence-corrected chi connectivity index (χ4v) is 4.37. The smallest absolute Gasteiger partial charge is 0.257 e. The molecule has 0 radical (unpaired) electrons. The van der Waals surface area contributed by atoms with Gasteiger partial charge in [-0.25, -0.2) is 4.98 Å². The second-order valence-electron chi connectivity index (χ2n) is 7.36. The molecule has 3 aromatic rings. The molecule has 0 bridgehead atoms. The average molecular weight is 397 g/mol. The Morgan fingerprint density at radius 1 is 1.18 bits per heavy atom. The first-order valence-corrected chi connectivity index (χ1v) is 10.5. The molecule has 1 saturated heterocycles. The number of ether oxygens (including phenoxy) is 1. The van der Waals surface area contributed by atoms with E-state index in [-0.39, 0.29) is 18.1 Å². The van der Waals surface area contributed by atoms with Gasteiger partial charge in [-0.05, 0) is 50.1 Å². The van der Waals surface area contributed by atoms with Gasteiger partial charge in [-0.1, -0.05) is 36.0 Å². The summed E-state index contributed by atoms with van der Waals surface area (Å²) in [6.45, 7) is 7.30. The molecule has 1 amide bonds. The number of carbonyl (C=O) groups is 1. The van der Waals surface area contributed by atoms with Crippen molar-refractivity contribution in [2.45, 2.75) is 44.0 Å². The lowest BCUT2D eigenvalue weighted by Crippen LogP contribution is -2.48. The van der Waals surface area contributed by atoms with Gasteiger partial charge < -0.3 is 14.1 Å². The molecule has 0 aliphatic carbocycles. The molecule has 1 aliphatic heterocycles. The summed E-state index contributed by atoms with van der Waals surface area (Å²) in [5.74, 6) is 0.759. The van der Waals surface area contributed by atoms with Gasteiger partial charge in [0.25, 0.3) is 11.1 Å². The molecule has 5 nitrogen and oxygen atoms in total. The summed E-state index contributed by atoms with van der Waals surface area (Å²) in [7, 11) is 0. The lowest BCUT2D eigenvalue weighted by Gasteiger charge is -2.35. The number of para-hydroxylation sites is 1. The Morgan fingerprint density at radius 3 is 2.68 bits per heavy atom. The van der Waals surface area contributed by atoms with Gasteiger partial charge in [-0.3, -0.25) is 4.79 Å². The molecule has 146 valence electrons. The van der Waals surface area contributed by atoms with Crippen LogP contribution in [0.1, 0.15) is 35.3 Å². The summed E-state index contributed by atoms with van der Waals surface area (Å²) >= 11 is 1.54. The Kier molecular flexibility index (Phi) is 5.42. The van der Waals surface area contributed by atoms with Crippen molar-refractivity contribution in [2.24, 2.45) is 0 Å². The molecular formula is C22H24N2O3S. The number of benzene rings is 2. The second kappa shape index (κ2) is 7.97. The maximum Gasteiger partial charge on any atom is 0.257 e. The third-order valence-electron chi connectivity index (χ3n) is 4.84. The highest BCUT2D eigenvalue weighted by molar-refractivity contribution is 7.98. The van der Waals surface area contributed by atoms with Crippen molar-refractivity contribution in [3.63, 3.8) is 0 Å². The lowest BCUT2D eigenvalue weighted by atomic mass is 10.1. The first-order valence-electron chi connectivity index (χ1n) is 9.52. The van der Waals surface area contributed by atoms with Gasteiger partial charge in [0, 0.05) is 24.4 Å². The standard InChI is InChI=1S/C22H24N2O3S/c1-14-6-4-9-19-20(14)23-22(27-19)28-13-17-7-5-8-18(10-17)21(25)24-11-15(2)26-16(3)12-24/h4-10,15-16H,11-13H2,1-3H3. The first-order chi connectivity index (χ1) is 13.5. The monoisotopic (exact) mass is 396 g/mol. The highest BCUT2D eigenvalue weighted by Crippen LogP contribution is 2.28. The zero-order valence-corrected chi connectivity index (χ0v) is 17.2. The van der Waals surface area contributed by atoms with Crippen molar-refractivity contribution in [3.05, 3.63) is 59.2 Å². The van der Waals surface area contributed by atoms with Gasteiger partial charge in [-0.15, -0.1) is 0 Å². The van der Waals surface area contributed by atoms with Gasteiger partial charge in [0.1, 0.15) is 5.52 Å². The normalized spacial score (nSPS) is 19.9. The van der Waals surface area contributed by atoms with Gasteiger partial charge >= 0.3 is 0 Å². The van der Waals surface area contributed by atoms with E-state index in [4.69, 9.17) is 9.15 Å². The van der Waals surface area contributed by atoms with Crippen molar-refractivity contribution in [3.8, 4) is 0 Å². The molecule has 0 spiro atoms. The van der Waals surface area contributed by atoms with Crippen LogP contribution >= 0.6 is 11.8 Å². The lowest BCUT2D eigenvalue weighted by molar-refractivity contribution is -0.0586. The molecule has 2 unspecified atom stereocenters. The molecule has 28 heavy (non-hydrogen) atoms. The number of morpholine rings is 1. The molecule has 2 heterocycles. The second-order valence-corrected chi connectivity index (χ2v) is 8.28. The van der Waals surface area contributed by atoms with E-state index in [9.17, 15) is 4.79 Å². The van der Waals surface area contributed by atoms with Crippen molar-refractivity contribution in [2.75, 3.05) is 13.1 Å². The maximum atomic E-state index is 12.9. The quantitative estimate of drug-likeness (QED) is 0.600. The van der Waals surface area contributed by atoms with Gasteiger partial charge in [0.15, 0.2) is 5.58 Å². The highest BCUT2D eigenvalue weighted by atomic mass is 32.2. The van der Waals surface area contributed by atoms with Gasteiger partial charge in [0.2, 0.25) is 0 Å². The van der Waals surface area contributed by atoms with Crippen LogP contribution in [0, 0.1) is 6.92 Å². The van der Waals surface area contributed by atoms with Crippen LogP contribution in [0.2, 0.25) is 0 Å². The van der Waals surface area contributed by atoms with E-state index < -0.39 is 0 Å². The van der Waals surface area contributed by atoms with Crippen LogP contribution in [-0.2, 0) is 10.5 Å². The number of oxazole rings is 1. The number of rotatable bonds is 4. The number of hydrogen-bond donors (Lipinski definition) is 0. The molecule has 6 heteroatoms. The average Bonchev–Trinajstić information content (AvgIpc) is 3.10. The van der Waals surface area contributed by atoms with E-state index in [0.717, 1.165) is 22.2 Å². The van der Waals surface area contributed by atoms with Crippen LogP contribution in [-0.4, -0.2) is 41.1 Å². The third kappa shape index (κ3) is 4.08. The zero-order valence-electron chi connectivity index (χ0n) is 16.3. The number of fused-ring (bicyclic) bond motifs is 1. The Balaban J connectivity index is 1.46. The van der Waals surface area contributed by atoms with Crippen molar-refractivity contribution < 1.29 is 13.9 Å². The molecule has 1 aliphatic rings. The van der Waals surface area contributed by atoms with E-state index in [1.165, 1.54) is 0 Å². The number of thioether (sulfide) groups is 1. The summed E-state index contributed by atoms with van der Waals surface area (Å²) < 4.78 is 11.6. The van der Waals surface area contributed by atoms with Crippen molar-refractivity contribution >= 4 is 28.8 Å². The van der Waals surface area contributed by atoms with Gasteiger partial charge in [0.05, 0.1) is 12.2 Å². The maximum absolute atomic E-state index is 12.9. The Labute approximate surface area is 169 Å². The molecule has 0 N–H and O–H groups in total. The van der Waals surface area contributed by atoms with Crippen molar-refractivity contribution in [1.82, 2.24) is 9.88 Å². The fourth-order valence-electron chi connectivity index (χ4n) is 3.59. The minimum absolute atomic E-state index is 0.0614. The molecule has 1 fully saturated rings. The fraction of sp³-hybridized carbons (Fsp3) is 0.364. The van der Waals surface area contributed by atoms with Crippen molar-refractivity contribution in [1.29, 1.82) is 0 Å². The number of aryl methyl sites for hydroxylation is 1. The highest BCUT2D eigenvalue weighted by Gasteiger charge is 2.26. The molecule has 2 aromatic carbocycles. The molecular weight excluding hydrogens is 372 g/mol. The Morgan fingerprint density at radius 2 is 1.93 bits per heavy atom. The summed E-state index contributed by atoms with van der Waals surface area (Å²) in [5.41, 5.74) is 4.61. The number of nitrogens with zero attached hydrogens (tertiary/aromatic N) is 2. The van der Waals surface area contributed by atoms with E-state index in [0.29, 0.717) is 29.6 Å². The van der Waals surface area contributed by atoms with Gasteiger partial charge in [-0.2, -0.15) is 0 Å². The van der Waals surface area contributed by atoms with Crippen LogP contribution in [0.25, 0.3) is 11.1 Å². The zero-order chi connectivity index (χ0) is 19.7. The Hall–Kier alpha value is -2.31. The Bertz CT molecular complexity index is 990. The van der Waals surface area contributed by atoms with Crippen LogP contribution in [0.3, 0.4) is 0 Å². The molecule has 1 aromatic heterocycles.